The van der Waals surface area contributed by atoms with Crippen LogP contribution < -0.4 is 27.4 Å². The first kappa shape index (κ1) is 31.6. The lowest BCUT2D eigenvalue weighted by atomic mass is 10.00. The van der Waals surface area contributed by atoms with Crippen molar-refractivity contribution in [2.75, 3.05) is 19.6 Å². The molecule has 0 aromatic heterocycles. The molecule has 2 aromatic rings. The number of nitrogens with two attached hydrogens (primary N) is 2. The molecule has 0 bridgehead atoms. The van der Waals surface area contributed by atoms with Gasteiger partial charge in [-0.2, -0.15) is 0 Å². The van der Waals surface area contributed by atoms with Crippen LogP contribution in [0.15, 0.2) is 59.6 Å². The number of aliphatic imine (C=N–C) groups is 1. The van der Waals surface area contributed by atoms with Gasteiger partial charge in [-0.3, -0.25) is 14.6 Å². The topological polar surface area (TPSA) is 135 Å². The van der Waals surface area contributed by atoms with Crippen LogP contribution in [0.2, 0.25) is 0 Å². The van der Waals surface area contributed by atoms with Gasteiger partial charge in [-0.25, -0.2) is 0 Å². The Morgan fingerprint density at radius 2 is 1.51 bits per heavy atom. The monoisotopic (exact) mass is 510 g/mol. The number of hydrogen-bond donors (Lipinski definition) is 5. The lowest BCUT2D eigenvalue weighted by molar-refractivity contribution is -0.127. The number of nitrogens with one attached hydrogen (secondary N) is 3. The molecule has 2 aromatic carbocycles. The van der Waals surface area contributed by atoms with Gasteiger partial charge in [0.25, 0.3) is 0 Å². The lowest BCUT2D eigenvalue weighted by Crippen LogP contribution is -2.50. The van der Waals surface area contributed by atoms with Crippen LogP contribution in [-0.4, -0.2) is 49.5 Å². The van der Waals surface area contributed by atoms with Crippen LogP contribution in [0.1, 0.15) is 58.9 Å². The molecular formula is C29H46N6O2. The number of nitrogens with zero attached hydrogens (tertiary/aromatic N) is 1. The minimum absolute atomic E-state index is 0.00811. The highest BCUT2D eigenvalue weighted by Crippen LogP contribution is 2.19. The van der Waals surface area contributed by atoms with Crippen molar-refractivity contribution >= 4 is 17.8 Å². The molecule has 2 rings (SSSR count). The predicted molar refractivity (Wildman–Crippen MR) is 154 cm³/mol. The smallest absolute Gasteiger partial charge is 0.239 e. The highest BCUT2D eigenvalue weighted by molar-refractivity contribution is 5.87. The molecular weight excluding hydrogens is 464 g/mol. The van der Waals surface area contributed by atoms with Crippen molar-refractivity contribution < 1.29 is 9.59 Å². The molecule has 0 radical (unpaired) electrons. The molecule has 0 saturated carbocycles. The lowest BCUT2D eigenvalue weighted by Gasteiger charge is -2.21. The fraction of sp³-hybridized carbons (Fsp3) is 0.483. The summed E-state index contributed by atoms with van der Waals surface area (Å²) in [6.07, 6.45) is 4.74. The molecule has 0 saturated heterocycles. The van der Waals surface area contributed by atoms with E-state index in [1.807, 2.05) is 39.0 Å². The summed E-state index contributed by atoms with van der Waals surface area (Å²) in [6, 6.07) is 18.3. The van der Waals surface area contributed by atoms with E-state index in [4.69, 9.17) is 11.5 Å². The molecule has 2 amide bonds. The minimum atomic E-state index is -0.388. The van der Waals surface area contributed by atoms with Gasteiger partial charge >= 0.3 is 0 Å². The SMILES string of the molecule is CCCCCNC(=O)CNC(=O)C(Cc1ccc(-c2ccccc2)cc1)NC(C)C.CCCN=C(N)N. The molecule has 0 fully saturated rings. The van der Waals surface area contributed by atoms with Crippen LogP contribution in [0.5, 0.6) is 0 Å². The van der Waals surface area contributed by atoms with Gasteiger partial charge in [0.1, 0.15) is 0 Å². The van der Waals surface area contributed by atoms with Gasteiger partial charge in [0, 0.05) is 19.1 Å². The Bertz CT molecular complexity index is 925. The van der Waals surface area contributed by atoms with Gasteiger partial charge in [-0.1, -0.05) is 95.1 Å². The van der Waals surface area contributed by atoms with Gasteiger partial charge in [0.2, 0.25) is 11.8 Å². The van der Waals surface area contributed by atoms with E-state index in [0.717, 1.165) is 43.4 Å². The fourth-order valence-corrected chi connectivity index (χ4v) is 3.53. The Hall–Kier alpha value is -3.39. The molecule has 8 nitrogen and oxygen atoms in total. The van der Waals surface area contributed by atoms with Crippen LogP contribution in [-0.2, 0) is 16.0 Å². The second-order valence-electron chi connectivity index (χ2n) is 9.22. The maximum Gasteiger partial charge on any atom is 0.239 e. The molecule has 0 spiro atoms. The van der Waals surface area contributed by atoms with Gasteiger partial charge < -0.3 is 27.4 Å². The molecule has 7 N–H and O–H groups in total. The average Bonchev–Trinajstić information content (AvgIpc) is 2.89. The van der Waals surface area contributed by atoms with E-state index < -0.39 is 0 Å². The Balaban J connectivity index is 0.000000856. The van der Waals surface area contributed by atoms with E-state index in [-0.39, 0.29) is 36.4 Å². The Labute approximate surface area is 222 Å². The number of carbonyl (C=O) groups is 2. The van der Waals surface area contributed by atoms with Gasteiger partial charge in [-0.15, -0.1) is 0 Å². The highest BCUT2D eigenvalue weighted by atomic mass is 16.2. The number of unbranched alkanes of at least 4 members (excludes halogenated alkanes) is 2. The number of amides is 2. The van der Waals surface area contributed by atoms with Crippen LogP contribution in [0, 0.1) is 0 Å². The minimum Gasteiger partial charge on any atom is -0.370 e. The Morgan fingerprint density at radius 1 is 0.865 bits per heavy atom. The summed E-state index contributed by atoms with van der Waals surface area (Å²) in [7, 11) is 0. The van der Waals surface area contributed by atoms with Gasteiger partial charge in [0.15, 0.2) is 5.96 Å². The number of guanidine groups is 1. The largest absolute Gasteiger partial charge is 0.370 e. The molecule has 204 valence electrons. The normalized spacial score (nSPS) is 11.2. The Morgan fingerprint density at radius 3 is 2.05 bits per heavy atom. The molecule has 0 aliphatic carbocycles. The summed E-state index contributed by atoms with van der Waals surface area (Å²) in [5.74, 6) is -0.114. The first-order chi connectivity index (χ1) is 17.8. The number of hydrogen-bond acceptors (Lipinski definition) is 4. The van der Waals surface area contributed by atoms with E-state index in [0.29, 0.717) is 13.0 Å². The second kappa shape index (κ2) is 18.8. The van der Waals surface area contributed by atoms with E-state index >= 15 is 0 Å². The third-order valence-electron chi connectivity index (χ3n) is 5.40. The second-order valence-corrected chi connectivity index (χ2v) is 9.22. The van der Waals surface area contributed by atoms with Crippen LogP contribution in [0.4, 0.5) is 0 Å². The van der Waals surface area contributed by atoms with Crippen molar-refractivity contribution in [2.45, 2.75) is 71.9 Å². The number of carbonyl (C=O) groups excluding carboxylic acids is 2. The maximum absolute atomic E-state index is 12.7. The molecule has 0 aliphatic heterocycles. The molecule has 0 aliphatic rings. The van der Waals surface area contributed by atoms with Crippen molar-refractivity contribution in [2.24, 2.45) is 16.5 Å². The predicted octanol–water partition coefficient (Wildman–Crippen LogP) is 3.36. The standard InChI is InChI=1S/C25H35N3O2.C4H11N3/c1-4-5-9-16-26-24(29)18-27-25(30)23(28-19(2)3)17-20-12-14-22(15-13-20)21-10-7-6-8-11-21;1-2-3-7-4(5)6/h6-8,10-15,19,23,28H,4-5,9,16-18H2,1-3H3,(H,26,29)(H,27,30);2-3H2,1H3,(H4,5,6,7). The summed E-state index contributed by atoms with van der Waals surface area (Å²) >= 11 is 0. The first-order valence-corrected chi connectivity index (χ1v) is 13.3. The van der Waals surface area contributed by atoms with Gasteiger partial charge in [0.05, 0.1) is 12.6 Å². The van der Waals surface area contributed by atoms with Crippen molar-refractivity contribution in [3.05, 3.63) is 60.2 Å². The van der Waals surface area contributed by atoms with Crippen LogP contribution in [0.3, 0.4) is 0 Å². The number of benzene rings is 2. The highest BCUT2D eigenvalue weighted by Gasteiger charge is 2.20. The molecule has 1 unspecified atom stereocenters. The molecule has 0 heterocycles. The summed E-state index contributed by atoms with van der Waals surface area (Å²) in [5.41, 5.74) is 13.4. The third-order valence-corrected chi connectivity index (χ3v) is 5.40. The van der Waals surface area contributed by atoms with Crippen LogP contribution in [0.25, 0.3) is 11.1 Å². The molecule has 1 atom stereocenters. The summed E-state index contributed by atoms with van der Waals surface area (Å²) < 4.78 is 0. The molecule has 37 heavy (non-hydrogen) atoms. The molecule has 8 heteroatoms. The first-order valence-electron chi connectivity index (χ1n) is 13.3. The summed E-state index contributed by atoms with van der Waals surface area (Å²) in [6.45, 7) is 9.57. The van der Waals surface area contributed by atoms with Crippen molar-refractivity contribution in [3.63, 3.8) is 0 Å². The zero-order valence-electron chi connectivity index (χ0n) is 22.9. The quantitative estimate of drug-likeness (QED) is 0.151. The van der Waals surface area contributed by atoms with Gasteiger partial charge in [-0.05, 0) is 36.0 Å². The Kier molecular flexibility index (Phi) is 16.1. The van der Waals surface area contributed by atoms with Crippen molar-refractivity contribution in [1.82, 2.24) is 16.0 Å². The van der Waals surface area contributed by atoms with Crippen molar-refractivity contribution in [3.8, 4) is 11.1 Å². The number of rotatable bonds is 14. The van der Waals surface area contributed by atoms with E-state index in [9.17, 15) is 9.59 Å². The maximum atomic E-state index is 12.7. The zero-order chi connectivity index (χ0) is 27.5. The van der Waals surface area contributed by atoms with Crippen molar-refractivity contribution in [1.29, 1.82) is 0 Å². The van der Waals surface area contributed by atoms with Crippen LogP contribution >= 0.6 is 0 Å². The average molecular weight is 511 g/mol. The van der Waals surface area contributed by atoms with E-state index in [1.165, 1.54) is 5.56 Å². The summed E-state index contributed by atoms with van der Waals surface area (Å²) in [5, 5.41) is 8.94. The third kappa shape index (κ3) is 14.7. The fourth-order valence-electron chi connectivity index (χ4n) is 3.53. The zero-order valence-corrected chi connectivity index (χ0v) is 22.9. The van der Waals surface area contributed by atoms with E-state index in [2.05, 4.69) is 64.3 Å². The summed E-state index contributed by atoms with van der Waals surface area (Å²) in [4.78, 5) is 28.4. The van der Waals surface area contributed by atoms with E-state index in [1.54, 1.807) is 0 Å².